The molecule has 1 atom stereocenters. The Morgan fingerprint density at radius 3 is 2.72 bits per heavy atom. The number of rotatable bonds is 4. The van der Waals surface area contributed by atoms with Crippen molar-refractivity contribution in [2.24, 2.45) is 0 Å². The van der Waals surface area contributed by atoms with E-state index in [-0.39, 0.29) is 18.5 Å². The lowest BCUT2D eigenvalue weighted by Crippen LogP contribution is -2.22. The molecule has 2 rings (SSSR count). The number of benzene rings is 1. The Labute approximate surface area is 110 Å². The van der Waals surface area contributed by atoms with E-state index in [0.29, 0.717) is 5.56 Å². The number of halogens is 1. The van der Waals surface area contributed by atoms with Crippen LogP contribution in [0.15, 0.2) is 35.7 Å². The normalized spacial score (nSPS) is 12.4. The third-order valence-electron chi connectivity index (χ3n) is 3.17. The molecule has 2 nitrogen and oxygen atoms in total. The van der Waals surface area contributed by atoms with Crippen molar-refractivity contribution >= 4 is 17.0 Å². The number of aliphatic hydroxyl groups excluding tert-OH is 1. The molecule has 1 aromatic heterocycles. The Morgan fingerprint density at radius 1 is 1.33 bits per heavy atom. The Balaban J connectivity index is 2.34. The van der Waals surface area contributed by atoms with Gasteiger partial charge in [0, 0.05) is 23.2 Å². The van der Waals surface area contributed by atoms with E-state index in [1.165, 1.54) is 10.9 Å². The van der Waals surface area contributed by atoms with E-state index in [4.69, 9.17) is 0 Å². The van der Waals surface area contributed by atoms with Gasteiger partial charge in [-0.15, -0.1) is 11.3 Å². The molecule has 0 saturated heterocycles. The van der Waals surface area contributed by atoms with Gasteiger partial charge in [0.15, 0.2) is 0 Å². The predicted octanol–water partition coefficient (Wildman–Crippen LogP) is 3.58. The minimum absolute atomic E-state index is 0.150. The molecule has 0 fully saturated rings. The summed E-state index contributed by atoms with van der Waals surface area (Å²) in [5, 5.41) is 11.3. The number of aliphatic hydroxyl groups is 1. The molecule has 0 aliphatic carbocycles. The quantitative estimate of drug-likeness (QED) is 0.913. The first-order valence-electron chi connectivity index (χ1n) is 5.79. The topological polar surface area (TPSA) is 23.5 Å². The second-order valence-electron chi connectivity index (χ2n) is 4.20. The second kappa shape index (κ2) is 5.50. The van der Waals surface area contributed by atoms with Gasteiger partial charge in [-0.3, -0.25) is 0 Å². The van der Waals surface area contributed by atoms with E-state index in [0.717, 1.165) is 5.69 Å². The van der Waals surface area contributed by atoms with Crippen LogP contribution >= 0.6 is 11.3 Å². The zero-order valence-electron chi connectivity index (χ0n) is 10.4. The molecule has 1 aromatic carbocycles. The van der Waals surface area contributed by atoms with Gasteiger partial charge in [0.05, 0.1) is 12.6 Å². The summed E-state index contributed by atoms with van der Waals surface area (Å²) >= 11 is 1.67. The molecule has 0 bridgehead atoms. The molecule has 96 valence electrons. The Bertz CT molecular complexity index is 513. The van der Waals surface area contributed by atoms with Crippen LogP contribution in [0.3, 0.4) is 0 Å². The maximum Gasteiger partial charge on any atom is 0.130 e. The summed E-state index contributed by atoms with van der Waals surface area (Å²) in [7, 11) is 1.92. The minimum Gasteiger partial charge on any atom is -0.391 e. The molecule has 1 heterocycles. The summed E-state index contributed by atoms with van der Waals surface area (Å²) in [5.74, 6) is -0.361. The van der Waals surface area contributed by atoms with Crippen molar-refractivity contribution in [2.75, 3.05) is 11.9 Å². The van der Waals surface area contributed by atoms with Crippen LogP contribution in [0.2, 0.25) is 0 Å². The van der Waals surface area contributed by atoms with E-state index in [1.54, 1.807) is 17.4 Å². The first kappa shape index (κ1) is 13.1. The van der Waals surface area contributed by atoms with Gasteiger partial charge in [0.25, 0.3) is 0 Å². The Kier molecular flexibility index (Phi) is 3.99. The van der Waals surface area contributed by atoms with E-state index >= 15 is 0 Å². The molecular formula is C14H16FNOS. The number of nitrogens with zero attached hydrogens (tertiary/aromatic N) is 1. The maximum absolute atomic E-state index is 13.6. The molecule has 1 N–H and O–H groups in total. The van der Waals surface area contributed by atoms with Crippen LogP contribution in [0.5, 0.6) is 0 Å². The molecule has 2 aromatic rings. The summed E-state index contributed by atoms with van der Waals surface area (Å²) in [4.78, 5) is 3.20. The molecule has 0 radical (unpaired) electrons. The lowest BCUT2D eigenvalue weighted by molar-refractivity contribution is 0.276. The van der Waals surface area contributed by atoms with Crippen molar-refractivity contribution in [1.29, 1.82) is 0 Å². The van der Waals surface area contributed by atoms with E-state index in [2.05, 4.69) is 13.0 Å². The number of hydrogen-bond acceptors (Lipinski definition) is 3. The fraction of sp³-hybridized carbons (Fsp3) is 0.286. The van der Waals surface area contributed by atoms with Crippen LogP contribution in [0.1, 0.15) is 23.4 Å². The van der Waals surface area contributed by atoms with Gasteiger partial charge >= 0.3 is 0 Å². The van der Waals surface area contributed by atoms with Crippen LogP contribution in [0, 0.1) is 5.82 Å². The smallest absolute Gasteiger partial charge is 0.130 e. The second-order valence-corrected chi connectivity index (χ2v) is 5.18. The molecule has 4 heteroatoms. The lowest BCUT2D eigenvalue weighted by atomic mass is 10.1. The average Bonchev–Trinajstić information content (AvgIpc) is 2.90. The first-order valence-corrected chi connectivity index (χ1v) is 6.67. The monoisotopic (exact) mass is 265 g/mol. The molecule has 0 amide bonds. The number of anilines is 1. The molecule has 1 unspecified atom stereocenters. The zero-order chi connectivity index (χ0) is 13.1. The molecular weight excluding hydrogens is 249 g/mol. The SMILES string of the molecule is CC(c1cccs1)N(C)c1cccc(F)c1CO. The highest BCUT2D eigenvalue weighted by Gasteiger charge is 2.17. The van der Waals surface area contributed by atoms with E-state index < -0.39 is 0 Å². The highest BCUT2D eigenvalue weighted by molar-refractivity contribution is 7.10. The van der Waals surface area contributed by atoms with Crippen molar-refractivity contribution in [3.63, 3.8) is 0 Å². The fourth-order valence-electron chi connectivity index (χ4n) is 1.96. The number of thiophene rings is 1. The molecule has 0 aliphatic rings. The zero-order valence-corrected chi connectivity index (χ0v) is 11.2. The molecule has 0 spiro atoms. The standard InChI is InChI=1S/C14H16FNOS/c1-10(14-7-4-8-18-14)16(2)13-6-3-5-12(15)11(13)9-17/h3-8,10,17H,9H2,1-2H3. The van der Waals surface area contributed by atoms with E-state index in [1.807, 2.05) is 29.5 Å². The van der Waals surface area contributed by atoms with Crippen LogP contribution in [-0.2, 0) is 6.61 Å². The van der Waals surface area contributed by atoms with Gasteiger partial charge in [0.2, 0.25) is 0 Å². The van der Waals surface area contributed by atoms with Crippen LogP contribution in [0.25, 0.3) is 0 Å². The van der Waals surface area contributed by atoms with Crippen LogP contribution in [-0.4, -0.2) is 12.2 Å². The lowest BCUT2D eigenvalue weighted by Gasteiger charge is -2.28. The molecule has 0 saturated carbocycles. The van der Waals surface area contributed by atoms with Crippen molar-refractivity contribution in [3.05, 3.63) is 52.0 Å². The van der Waals surface area contributed by atoms with Gasteiger partial charge in [0.1, 0.15) is 5.82 Å². The van der Waals surface area contributed by atoms with Gasteiger partial charge in [-0.05, 0) is 30.5 Å². The molecule has 18 heavy (non-hydrogen) atoms. The third-order valence-corrected chi connectivity index (χ3v) is 4.21. The fourth-order valence-corrected chi connectivity index (χ4v) is 2.79. The Morgan fingerprint density at radius 2 is 2.11 bits per heavy atom. The van der Waals surface area contributed by atoms with Crippen LogP contribution in [0.4, 0.5) is 10.1 Å². The highest BCUT2D eigenvalue weighted by Crippen LogP contribution is 2.31. The summed E-state index contributed by atoms with van der Waals surface area (Å²) in [6.45, 7) is 1.78. The predicted molar refractivity (Wildman–Crippen MR) is 73.5 cm³/mol. The van der Waals surface area contributed by atoms with Gasteiger partial charge < -0.3 is 10.0 Å². The largest absolute Gasteiger partial charge is 0.391 e. The molecule has 0 aliphatic heterocycles. The van der Waals surface area contributed by atoms with Crippen molar-refractivity contribution < 1.29 is 9.50 Å². The first-order chi connectivity index (χ1) is 8.65. The van der Waals surface area contributed by atoms with Crippen molar-refractivity contribution in [3.8, 4) is 0 Å². The summed E-state index contributed by atoms with van der Waals surface area (Å²) in [6, 6.07) is 9.09. The minimum atomic E-state index is -0.361. The van der Waals surface area contributed by atoms with Crippen LogP contribution < -0.4 is 4.90 Å². The number of hydrogen-bond donors (Lipinski definition) is 1. The van der Waals surface area contributed by atoms with Gasteiger partial charge in [-0.2, -0.15) is 0 Å². The van der Waals surface area contributed by atoms with Crippen molar-refractivity contribution in [2.45, 2.75) is 19.6 Å². The highest BCUT2D eigenvalue weighted by atomic mass is 32.1. The summed E-state index contributed by atoms with van der Waals surface area (Å²) in [6.07, 6.45) is 0. The summed E-state index contributed by atoms with van der Waals surface area (Å²) in [5.41, 5.74) is 1.09. The maximum atomic E-state index is 13.6. The van der Waals surface area contributed by atoms with E-state index in [9.17, 15) is 9.50 Å². The Hall–Kier alpha value is -1.39. The third kappa shape index (κ3) is 2.40. The van der Waals surface area contributed by atoms with Gasteiger partial charge in [-0.25, -0.2) is 4.39 Å². The van der Waals surface area contributed by atoms with Crippen molar-refractivity contribution in [1.82, 2.24) is 0 Å². The van der Waals surface area contributed by atoms with Gasteiger partial charge in [-0.1, -0.05) is 12.1 Å². The average molecular weight is 265 g/mol. The summed E-state index contributed by atoms with van der Waals surface area (Å²) < 4.78 is 13.6.